The van der Waals surface area contributed by atoms with Gasteiger partial charge < -0.3 is 0 Å². The Morgan fingerprint density at radius 2 is 0.607 bits per heavy atom. The Labute approximate surface area is 528 Å². The molecule has 12 aromatic rings. The average Bonchev–Trinajstić information content (AvgIpc) is 1.88. The molecular weight excluding hydrogens is 1080 g/mol. The zero-order chi connectivity index (χ0) is 61.8. The summed E-state index contributed by atoms with van der Waals surface area (Å²) in [5.74, 6) is 0.545. The number of nitrogens with zero attached hydrogens (tertiary/aromatic N) is 4. The van der Waals surface area contributed by atoms with E-state index in [-0.39, 0.29) is 0 Å². The highest BCUT2D eigenvalue weighted by Crippen LogP contribution is 2.45. The van der Waals surface area contributed by atoms with Gasteiger partial charge in [-0.2, -0.15) is 0 Å². The fourth-order valence-electron chi connectivity index (χ4n) is 14.6. The molecule has 0 aliphatic heterocycles. The second kappa shape index (κ2) is 24.1. The Bertz CT molecular complexity index is 4770. The molecule has 8 aromatic carbocycles. The van der Waals surface area contributed by atoms with Gasteiger partial charge in [0.15, 0.2) is 24.8 Å². The number of aryl methyl sites for hydroxylation is 6. The maximum absolute atomic E-state index is 2.35. The minimum absolute atomic E-state index is 0.545. The molecule has 4 heterocycles. The van der Waals surface area contributed by atoms with Gasteiger partial charge in [0.1, 0.15) is 28.2 Å². The van der Waals surface area contributed by atoms with Crippen LogP contribution in [0, 0.1) is 41.5 Å². The third-order valence-electron chi connectivity index (χ3n) is 19.7. The largest absolute Gasteiger partial charge is 0.212 e. The summed E-state index contributed by atoms with van der Waals surface area (Å²) in [4.78, 5) is 0. The molecule has 4 aromatic heterocycles. The molecule has 0 saturated heterocycles. The summed E-state index contributed by atoms with van der Waals surface area (Å²) in [6.45, 7) is 17.9. The summed E-state index contributed by atoms with van der Waals surface area (Å²) in [6, 6.07) is 73.2. The van der Waals surface area contributed by atoms with Crippen molar-refractivity contribution in [2.75, 3.05) is 0 Å². The highest BCUT2D eigenvalue weighted by atomic mass is 14.9. The zero-order valence-electron chi connectivity index (χ0n) is 54.1. The molecule has 0 spiro atoms. The molecule has 4 aliphatic carbocycles. The lowest BCUT2D eigenvalue weighted by molar-refractivity contribution is -0.660. The quantitative estimate of drug-likeness (QED) is 0.153. The molecule has 0 bridgehead atoms. The first-order chi connectivity index (χ1) is 43.1. The fourth-order valence-corrected chi connectivity index (χ4v) is 14.6. The van der Waals surface area contributed by atoms with Crippen LogP contribution in [0.25, 0.3) is 89.5 Å². The van der Waals surface area contributed by atoms with Gasteiger partial charge in [0.05, 0.1) is 0 Å². The SMILES string of the molecule is Cc1c(-c2cc(C(C)C)cc[n+]2C)ccc2c1Cc1ccccc1-2.Cc1c(-c2cccc[n+]2C)ccc2c1Cc1ccccc1-2.Cc1cc[n+](C)c(-c2ccc3c(c2C)Cc2ccccc2-3)c1.Cc1ccc(-c2ccc3c(c2C)Cc2ccccc2-3)[n+](C)c1. The van der Waals surface area contributed by atoms with Crippen molar-refractivity contribution in [2.24, 2.45) is 28.2 Å². The molecule has 0 N–H and O–H groups in total. The third-order valence-corrected chi connectivity index (χ3v) is 19.7. The van der Waals surface area contributed by atoms with Crippen LogP contribution in [0.1, 0.15) is 103 Å². The number of pyridine rings is 4. The molecule has 4 heteroatoms. The Kier molecular flexibility index (Phi) is 15.8. The third kappa shape index (κ3) is 10.9. The number of fused-ring (bicyclic) bond motifs is 12. The summed E-state index contributed by atoms with van der Waals surface area (Å²) in [5.41, 5.74) is 43.2. The van der Waals surface area contributed by atoms with E-state index in [0.29, 0.717) is 5.92 Å². The van der Waals surface area contributed by atoms with E-state index in [1.807, 2.05) is 0 Å². The van der Waals surface area contributed by atoms with Gasteiger partial charge in [-0.1, -0.05) is 135 Å². The molecule has 0 saturated carbocycles. The van der Waals surface area contributed by atoms with Gasteiger partial charge in [-0.15, -0.1) is 0 Å². The van der Waals surface area contributed by atoms with Crippen LogP contribution in [0.4, 0.5) is 0 Å². The van der Waals surface area contributed by atoms with Crippen LogP contribution < -0.4 is 18.3 Å². The number of rotatable bonds is 5. The predicted octanol–water partition coefficient (Wildman–Crippen LogP) is 18.0. The van der Waals surface area contributed by atoms with Gasteiger partial charge in [0.2, 0.25) is 22.8 Å². The van der Waals surface area contributed by atoms with Crippen LogP contribution in [0.5, 0.6) is 0 Å². The monoisotopic (exact) mass is 1160 g/mol. The lowest BCUT2D eigenvalue weighted by Crippen LogP contribution is -2.31. The molecule has 16 rings (SSSR count). The van der Waals surface area contributed by atoms with Gasteiger partial charge in [-0.25, -0.2) is 18.3 Å². The summed E-state index contributed by atoms with van der Waals surface area (Å²) in [7, 11) is 8.50. The molecule has 438 valence electrons. The number of aromatic nitrogens is 4. The summed E-state index contributed by atoms with van der Waals surface area (Å²) in [6.07, 6.45) is 12.9. The van der Waals surface area contributed by atoms with E-state index in [1.165, 1.54) is 173 Å². The molecule has 4 aliphatic rings. The second-order valence-electron chi connectivity index (χ2n) is 25.6. The van der Waals surface area contributed by atoms with Crippen molar-refractivity contribution in [1.29, 1.82) is 0 Å². The Hall–Kier alpha value is -9.64. The molecule has 0 amide bonds. The lowest BCUT2D eigenvalue weighted by Gasteiger charge is -2.12. The zero-order valence-corrected chi connectivity index (χ0v) is 54.1. The van der Waals surface area contributed by atoms with Crippen LogP contribution in [-0.4, -0.2) is 0 Å². The van der Waals surface area contributed by atoms with Crippen molar-refractivity contribution in [2.45, 2.75) is 87.0 Å². The number of benzene rings is 8. The van der Waals surface area contributed by atoms with Crippen molar-refractivity contribution < 1.29 is 18.3 Å². The van der Waals surface area contributed by atoms with E-state index in [0.717, 1.165) is 25.7 Å². The fraction of sp³-hybridized carbons (Fsp3) is 0.200. The topological polar surface area (TPSA) is 15.5 Å². The molecule has 0 unspecified atom stereocenters. The maximum Gasteiger partial charge on any atom is 0.212 e. The highest BCUT2D eigenvalue weighted by molar-refractivity contribution is 5.85. The molecule has 0 radical (unpaired) electrons. The molecule has 4 nitrogen and oxygen atoms in total. The second-order valence-corrected chi connectivity index (χ2v) is 25.6. The smallest absolute Gasteiger partial charge is 0.201 e. The first kappa shape index (κ1) is 58.4. The number of hydrogen-bond donors (Lipinski definition) is 0. The van der Waals surface area contributed by atoms with Crippen LogP contribution in [0.15, 0.2) is 225 Å². The van der Waals surface area contributed by atoms with Crippen molar-refractivity contribution >= 4 is 0 Å². The van der Waals surface area contributed by atoms with E-state index in [4.69, 9.17) is 0 Å². The minimum Gasteiger partial charge on any atom is -0.201 e. The number of hydrogen-bond acceptors (Lipinski definition) is 0. The molecule has 0 fully saturated rings. The van der Waals surface area contributed by atoms with Crippen molar-refractivity contribution in [3.8, 4) is 89.5 Å². The van der Waals surface area contributed by atoms with Gasteiger partial charge in [-0.3, -0.25) is 0 Å². The predicted molar refractivity (Wildman–Crippen MR) is 368 cm³/mol. The van der Waals surface area contributed by atoms with Gasteiger partial charge >= 0.3 is 0 Å². The normalized spacial score (nSPS) is 12.2. The van der Waals surface area contributed by atoms with E-state index < -0.39 is 0 Å². The van der Waals surface area contributed by atoms with Crippen molar-refractivity contribution in [3.63, 3.8) is 0 Å². The summed E-state index contributed by atoms with van der Waals surface area (Å²) < 4.78 is 8.87. The first-order valence-corrected chi connectivity index (χ1v) is 31.8. The van der Waals surface area contributed by atoms with Crippen LogP contribution >= 0.6 is 0 Å². The molecular formula is C85H82N4+4. The van der Waals surface area contributed by atoms with Gasteiger partial charge in [-0.05, 0) is 232 Å². The van der Waals surface area contributed by atoms with E-state index in [9.17, 15) is 0 Å². The van der Waals surface area contributed by atoms with Crippen LogP contribution in [0.3, 0.4) is 0 Å². The maximum atomic E-state index is 2.35. The standard InChI is InChI=1S/C23H24N.2C21H20N.C20H18N/c1-15(2)17-11-12-24(4)23(14-17)19-9-10-21-20-8-6-5-7-18(20)13-22(21)16(19)3;1-14-8-11-21(22(3)13-14)17-9-10-19-18-7-5-4-6-16(18)12-20(19)15(17)2;1-14-10-11-22(3)21(12-14)17-8-9-19-18-7-5-4-6-16(18)13-20(19)15(17)2;1-14-16(20-9-5-6-12-21(20)2)10-11-18-17-8-4-3-7-15(17)13-19(14)18/h5-12,14-15H,13H2,1-4H3;4-11,13H,12H2,1-3H3;4-12H,13H2,1-3H3;3-12H,13H2,1-2H3/q4*+1. The Morgan fingerprint density at radius 3 is 1.00 bits per heavy atom. The first-order valence-electron chi connectivity index (χ1n) is 31.8. The molecule has 89 heavy (non-hydrogen) atoms. The van der Waals surface area contributed by atoms with Gasteiger partial charge in [0.25, 0.3) is 0 Å². The highest BCUT2D eigenvalue weighted by Gasteiger charge is 2.28. The molecule has 0 atom stereocenters. The summed E-state index contributed by atoms with van der Waals surface area (Å²) >= 11 is 0. The van der Waals surface area contributed by atoms with E-state index in [1.54, 1.807) is 0 Å². The van der Waals surface area contributed by atoms with E-state index in [2.05, 4.69) is 327 Å². The lowest BCUT2D eigenvalue weighted by atomic mass is 9.93. The van der Waals surface area contributed by atoms with Crippen LogP contribution in [0.2, 0.25) is 0 Å². The van der Waals surface area contributed by atoms with Crippen molar-refractivity contribution in [3.05, 3.63) is 308 Å². The Balaban J connectivity index is 0.000000109. The van der Waals surface area contributed by atoms with Crippen LogP contribution in [-0.2, 0) is 53.9 Å². The summed E-state index contributed by atoms with van der Waals surface area (Å²) in [5, 5.41) is 0. The van der Waals surface area contributed by atoms with Crippen molar-refractivity contribution in [1.82, 2.24) is 0 Å². The average molecular weight is 1160 g/mol. The van der Waals surface area contributed by atoms with Gasteiger partial charge in [0, 0.05) is 70.3 Å². The van der Waals surface area contributed by atoms with E-state index >= 15 is 0 Å². The Morgan fingerprint density at radius 1 is 0.270 bits per heavy atom. The minimum atomic E-state index is 0.545.